The molecule has 0 radical (unpaired) electrons. The lowest BCUT2D eigenvalue weighted by Gasteiger charge is -2.24. The molecule has 0 aliphatic carbocycles. The van der Waals surface area contributed by atoms with E-state index in [4.69, 9.17) is 14.2 Å². The van der Waals surface area contributed by atoms with Gasteiger partial charge in [-0.1, -0.05) is 66.7 Å². The van der Waals surface area contributed by atoms with Gasteiger partial charge < -0.3 is 19.1 Å². The van der Waals surface area contributed by atoms with Gasteiger partial charge in [-0.2, -0.15) is 5.26 Å². The van der Waals surface area contributed by atoms with Crippen molar-refractivity contribution in [3.8, 4) is 11.8 Å². The average molecular weight is 577 g/mol. The Labute approximate surface area is 252 Å². The summed E-state index contributed by atoms with van der Waals surface area (Å²) < 4.78 is 17.5. The van der Waals surface area contributed by atoms with E-state index in [1.165, 1.54) is 0 Å². The Balaban J connectivity index is 1.31. The summed E-state index contributed by atoms with van der Waals surface area (Å²) >= 11 is 0. The van der Waals surface area contributed by atoms with Crippen LogP contribution in [-0.2, 0) is 27.3 Å². The summed E-state index contributed by atoms with van der Waals surface area (Å²) in [6.07, 6.45) is 0.683. The topological polar surface area (TPSA) is 88.9 Å². The van der Waals surface area contributed by atoms with Crippen molar-refractivity contribution in [3.05, 3.63) is 113 Å². The number of carbonyl (C=O) groups is 2. The van der Waals surface area contributed by atoms with Gasteiger partial charge in [0.2, 0.25) is 0 Å². The number of hydrogen-bond donors (Lipinski definition) is 0. The maximum absolute atomic E-state index is 13.5. The Kier molecular flexibility index (Phi) is 8.96. The molecule has 5 rings (SSSR count). The first-order valence-corrected chi connectivity index (χ1v) is 14.5. The molecule has 4 aromatic carbocycles. The summed E-state index contributed by atoms with van der Waals surface area (Å²) in [6, 6.07) is 31.0. The van der Waals surface area contributed by atoms with E-state index < -0.39 is 11.5 Å². The van der Waals surface area contributed by atoms with Crippen molar-refractivity contribution in [1.29, 1.82) is 5.26 Å². The van der Waals surface area contributed by atoms with Crippen molar-refractivity contribution in [1.82, 2.24) is 4.90 Å². The molecule has 7 nitrogen and oxygen atoms in total. The molecule has 220 valence electrons. The number of likely N-dealkylation sites (tertiary alicyclic amines) is 1. The van der Waals surface area contributed by atoms with Crippen LogP contribution < -0.4 is 4.74 Å². The fraction of sp³-hybridized carbons (Fsp3) is 0.306. The third kappa shape index (κ3) is 7.92. The summed E-state index contributed by atoms with van der Waals surface area (Å²) in [4.78, 5) is 27.6. The van der Waals surface area contributed by atoms with E-state index >= 15 is 0 Å². The Morgan fingerprint density at radius 2 is 1.67 bits per heavy atom. The highest BCUT2D eigenvalue weighted by molar-refractivity contribution is 5.85. The number of rotatable bonds is 8. The van der Waals surface area contributed by atoms with E-state index in [9.17, 15) is 14.9 Å². The van der Waals surface area contributed by atoms with Crippen molar-refractivity contribution in [2.75, 3.05) is 13.1 Å². The first-order chi connectivity index (χ1) is 20.7. The highest BCUT2D eigenvalue weighted by Gasteiger charge is 2.31. The zero-order chi connectivity index (χ0) is 30.4. The van der Waals surface area contributed by atoms with E-state index in [1.54, 1.807) is 11.0 Å². The van der Waals surface area contributed by atoms with Crippen LogP contribution in [0.15, 0.2) is 91.0 Å². The molecule has 0 N–H and O–H groups in total. The first kappa shape index (κ1) is 29.7. The molecule has 0 aromatic heterocycles. The Hall–Kier alpha value is -4.83. The highest BCUT2D eigenvalue weighted by Crippen LogP contribution is 2.28. The maximum atomic E-state index is 13.5. The highest BCUT2D eigenvalue weighted by atomic mass is 16.6. The second-order valence-corrected chi connectivity index (χ2v) is 11.9. The fourth-order valence-electron chi connectivity index (χ4n) is 5.18. The Morgan fingerprint density at radius 1 is 0.930 bits per heavy atom. The minimum atomic E-state index is -0.545. The van der Waals surface area contributed by atoms with Crippen LogP contribution in [0.2, 0.25) is 0 Å². The molecule has 1 aliphatic heterocycles. The van der Waals surface area contributed by atoms with Gasteiger partial charge in [0, 0.05) is 13.0 Å². The molecular weight excluding hydrogens is 540 g/mol. The van der Waals surface area contributed by atoms with Gasteiger partial charge in [-0.05, 0) is 78.9 Å². The van der Waals surface area contributed by atoms with Gasteiger partial charge in [0.1, 0.15) is 24.1 Å². The van der Waals surface area contributed by atoms with Gasteiger partial charge in [-0.3, -0.25) is 4.79 Å². The van der Waals surface area contributed by atoms with E-state index in [0.29, 0.717) is 37.2 Å². The van der Waals surface area contributed by atoms with Crippen LogP contribution in [0.5, 0.6) is 5.75 Å². The molecule has 1 saturated heterocycles. The number of hydrogen-bond acceptors (Lipinski definition) is 6. The van der Waals surface area contributed by atoms with E-state index in [-0.39, 0.29) is 24.8 Å². The SMILES string of the molecule is CC(C)(C)OC(=O)N1CC[C@H](Oc2ccc(C(Cc3ccc4ccc(C#N)cc4c3)C(=O)OCc3ccccc3)cc2)C1. The van der Waals surface area contributed by atoms with Crippen LogP contribution in [0.25, 0.3) is 10.8 Å². The number of ether oxygens (including phenoxy) is 3. The molecule has 0 saturated carbocycles. The van der Waals surface area contributed by atoms with Crippen molar-refractivity contribution >= 4 is 22.8 Å². The molecule has 2 atom stereocenters. The standard InChI is InChI=1S/C36H36N2O5/c1-36(2,3)43-35(40)38-18-17-32(23-38)42-31-15-13-29(14-16-31)33(34(39)41-24-25-7-5-4-6-8-25)21-26-9-11-28-12-10-27(22-37)20-30(28)19-26/h4-16,19-20,32-33H,17-18,21,23-24H2,1-3H3/t32-,33?/m0/s1. The largest absolute Gasteiger partial charge is 0.489 e. The van der Waals surface area contributed by atoms with Gasteiger partial charge in [0.05, 0.1) is 24.1 Å². The van der Waals surface area contributed by atoms with Crippen molar-refractivity contribution in [2.45, 2.75) is 57.8 Å². The molecule has 0 bridgehead atoms. The normalized spacial score (nSPS) is 15.5. The number of carbonyl (C=O) groups excluding carboxylic acids is 2. The van der Waals surface area contributed by atoms with Crippen LogP contribution in [-0.4, -0.2) is 41.8 Å². The predicted molar refractivity (Wildman–Crippen MR) is 165 cm³/mol. The molecule has 1 unspecified atom stereocenters. The van der Waals surface area contributed by atoms with Gasteiger partial charge in [-0.15, -0.1) is 0 Å². The fourth-order valence-corrected chi connectivity index (χ4v) is 5.18. The molecule has 0 spiro atoms. The number of amides is 1. The summed E-state index contributed by atoms with van der Waals surface area (Å²) in [5, 5.41) is 11.3. The lowest BCUT2D eigenvalue weighted by atomic mass is 9.91. The average Bonchev–Trinajstić information content (AvgIpc) is 3.47. The number of esters is 1. The van der Waals surface area contributed by atoms with Gasteiger partial charge in [-0.25, -0.2) is 4.79 Å². The molecule has 4 aromatic rings. The van der Waals surface area contributed by atoms with Gasteiger partial charge in [0.15, 0.2) is 0 Å². The van der Waals surface area contributed by atoms with Crippen molar-refractivity contribution < 1.29 is 23.8 Å². The van der Waals surface area contributed by atoms with Crippen LogP contribution in [0, 0.1) is 11.3 Å². The molecule has 1 amide bonds. The van der Waals surface area contributed by atoms with E-state index in [2.05, 4.69) is 6.07 Å². The second kappa shape index (κ2) is 13.0. The number of nitrogens with zero attached hydrogens (tertiary/aromatic N) is 2. The third-order valence-electron chi connectivity index (χ3n) is 7.36. The molecule has 1 aliphatic rings. The molecule has 1 heterocycles. The molecule has 43 heavy (non-hydrogen) atoms. The maximum Gasteiger partial charge on any atom is 0.410 e. The lowest BCUT2D eigenvalue weighted by molar-refractivity contribution is -0.146. The zero-order valence-electron chi connectivity index (χ0n) is 24.8. The minimum Gasteiger partial charge on any atom is -0.489 e. The zero-order valence-corrected chi connectivity index (χ0v) is 24.8. The first-order valence-electron chi connectivity index (χ1n) is 14.5. The Bertz CT molecular complexity index is 1620. The van der Waals surface area contributed by atoms with Gasteiger partial charge in [0.25, 0.3) is 0 Å². The quantitative estimate of drug-likeness (QED) is 0.207. The summed E-state index contributed by atoms with van der Waals surface area (Å²) in [6.45, 7) is 6.79. The molecular formula is C36H36N2O5. The smallest absolute Gasteiger partial charge is 0.410 e. The Morgan fingerprint density at radius 3 is 2.40 bits per heavy atom. The predicted octanol–water partition coefficient (Wildman–Crippen LogP) is 7.17. The van der Waals surface area contributed by atoms with Crippen LogP contribution in [0.1, 0.15) is 55.4 Å². The monoisotopic (exact) mass is 576 g/mol. The van der Waals surface area contributed by atoms with Gasteiger partial charge >= 0.3 is 12.1 Å². The second-order valence-electron chi connectivity index (χ2n) is 11.9. The molecule has 1 fully saturated rings. The summed E-state index contributed by atoms with van der Waals surface area (Å²) in [5.41, 5.74) is 2.76. The minimum absolute atomic E-state index is 0.138. The summed E-state index contributed by atoms with van der Waals surface area (Å²) in [5.74, 6) is -0.179. The molecule has 7 heteroatoms. The number of fused-ring (bicyclic) bond motifs is 1. The lowest BCUT2D eigenvalue weighted by Crippen LogP contribution is -2.36. The van der Waals surface area contributed by atoms with Crippen LogP contribution in [0.3, 0.4) is 0 Å². The van der Waals surface area contributed by atoms with E-state index in [1.807, 2.05) is 106 Å². The summed E-state index contributed by atoms with van der Waals surface area (Å²) in [7, 11) is 0. The van der Waals surface area contributed by atoms with Crippen molar-refractivity contribution in [2.24, 2.45) is 0 Å². The van der Waals surface area contributed by atoms with E-state index in [0.717, 1.165) is 27.5 Å². The number of nitriles is 1. The van der Waals surface area contributed by atoms with Crippen LogP contribution in [0.4, 0.5) is 4.79 Å². The van der Waals surface area contributed by atoms with Crippen molar-refractivity contribution in [3.63, 3.8) is 0 Å². The third-order valence-corrected chi connectivity index (χ3v) is 7.36. The number of benzene rings is 4. The van der Waals surface area contributed by atoms with Crippen LogP contribution >= 0.6 is 0 Å².